The number of hydrogen-bond donors (Lipinski definition) is 4. The molecule has 1 aliphatic heterocycles. The fourth-order valence-electron chi connectivity index (χ4n) is 2.84. The van der Waals surface area contributed by atoms with E-state index in [1.165, 1.54) is 0 Å². The SMILES string of the molecule is NC(=O)CNC(=O)c1ccc(CNC(=O)CCC2CCNCC2)cc1. The first-order chi connectivity index (χ1) is 12.0. The maximum Gasteiger partial charge on any atom is 0.251 e. The molecule has 1 aromatic rings. The van der Waals surface area contributed by atoms with Crippen molar-refractivity contribution in [3.05, 3.63) is 35.4 Å². The van der Waals surface area contributed by atoms with E-state index in [0.717, 1.165) is 37.9 Å². The van der Waals surface area contributed by atoms with Crippen molar-refractivity contribution in [1.29, 1.82) is 0 Å². The Kier molecular flexibility index (Phi) is 7.40. The van der Waals surface area contributed by atoms with Gasteiger partial charge in [0.05, 0.1) is 6.54 Å². The Labute approximate surface area is 147 Å². The van der Waals surface area contributed by atoms with Crippen molar-refractivity contribution in [1.82, 2.24) is 16.0 Å². The number of hydrogen-bond acceptors (Lipinski definition) is 4. The number of nitrogens with one attached hydrogen (secondary N) is 3. The monoisotopic (exact) mass is 346 g/mol. The van der Waals surface area contributed by atoms with Crippen LogP contribution in [0.5, 0.6) is 0 Å². The van der Waals surface area contributed by atoms with Gasteiger partial charge in [-0.1, -0.05) is 12.1 Å². The molecule has 0 bridgehead atoms. The summed E-state index contributed by atoms with van der Waals surface area (Å²) in [5.41, 5.74) is 6.35. The summed E-state index contributed by atoms with van der Waals surface area (Å²) in [6.45, 7) is 2.35. The number of benzene rings is 1. The van der Waals surface area contributed by atoms with E-state index in [4.69, 9.17) is 5.73 Å². The van der Waals surface area contributed by atoms with Gasteiger partial charge in [-0.25, -0.2) is 0 Å². The first kappa shape index (κ1) is 18.9. The van der Waals surface area contributed by atoms with E-state index in [1.54, 1.807) is 24.3 Å². The summed E-state index contributed by atoms with van der Waals surface area (Å²) in [5.74, 6) is -0.236. The van der Waals surface area contributed by atoms with Crippen LogP contribution >= 0.6 is 0 Å². The molecular formula is C18H26N4O3. The van der Waals surface area contributed by atoms with Gasteiger partial charge in [0.25, 0.3) is 5.91 Å². The van der Waals surface area contributed by atoms with Crippen LogP contribution in [0, 0.1) is 5.92 Å². The van der Waals surface area contributed by atoms with Crippen LogP contribution in [0.3, 0.4) is 0 Å². The third-order valence-corrected chi connectivity index (χ3v) is 4.37. The Morgan fingerprint density at radius 3 is 2.40 bits per heavy atom. The molecule has 136 valence electrons. The lowest BCUT2D eigenvalue weighted by molar-refractivity contribution is -0.121. The van der Waals surface area contributed by atoms with Gasteiger partial charge in [0.2, 0.25) is 11.8 Å². The average molecular weight is 346 g/mol. The molecule has 0 atom stereocenters. The fourth-order valence-corrected chi connectivity index (χ4v) is 2.84. The van der Waals surface area contributed by atoms with Crippen LogP contribution in [0.1, 0.15) is 41.6 Å². The summed E-state index contributed by atoms with van der Waals surface area (Å²) >= 11 is 0. The molecule has 0 spiro atoms. The maximum atomic E-state index is 11.9. The molecule has 7 nitrogen and oxygen atoms in total. The van der Waals surface area contributed by atoms with Crippen LogP contribution in [0.15, 0.2) is 24.3 Å². The fraction of sp³-hybridized carbons (Fsp3) is 0.500. The Balaban J connectivity index is 1.70. The van der Waals surface area contributed by atoms with Gasteiger partial charge in [0.15, 0.2) is 0 Å². The van der Waals surface area contributed by atoms with Crippen LogP contribution in [0.2, 0.25) is 0 Å². The summed E-state index contributed by atoms with van der Waals surface area (Å²) < 4.78 is 0. The molecule has 0 saturated carbocycles. The number of rotatable bonds is 8. The van der Waals surface area contributed by atoms with Gasteiger partial charge in [-0.05, 0) is 56.0 Å². The summed E-state index contributed by atoms with van der Waals surface area (Å²) in [6.07, 6.45) is 3.78. The van der Waals surface area contributed by atoms with Gasteiger partial charge in [-0.3, -0.25) is 14.4 Å². The van der Waals surface area contributed by atoms with E-state index in [9.17, 15) is 14.4 Å². The molecule has 2 rings (SSSR count). The largest absolute Gasteiger partial charge is 0.368 e. The van der Waals surface area contributed by atoms with Crippen molar-refractivity contribution in [3.8, 4) is 0 Å². The molecule has 5 N–H and O–H groups in total. The van der Waals surface area contributed by atoms with E-state index >= 15 is 0 Å². The van der Waals surface area contributed by atoms with E-state index in [2.05, 4.69) is 16.0 Å². The second kappa shape index (κ2) is 9.78. The lowest BCUT2D eigenvalue weighted by atomic mass is 9.93. The minimum absolute atomic E-state index is 0.0572. The summed E-state index contributed by atoms with van der Waals surface area (Å²) in [7, 11) is 0. The standard InChI is InChI=1S/C18H26N4O3/c19-16(23)12-22-18(25)15-4-1-14(2-5-15)11-21-17(24)6-3-13-7-9-20-10-8-13/h1-2,4-5,13,20H,3,6-12H2,(H2,19,23)(H,21,24)(H,22,25). The average Bonchev–Trinajstić information content (AvgIpc) is 2.64. The van der Waals surface area contributed by atoms with Crippen LogP contribution in [0.4, 0.5) is 0 Å². The minimum atomic E-state index is -0.586. The highest BCUT2D eigenvalue weighted by Gasteiger charge is 2.14. The zero-order valence-corrected chi connectivity index (χ0v) is 14.3. The van der Waals surface area contributed by atoms with Crippen molar-refractivity contribution >= 4 is 17.7 Å². The lowest BCUT2D eigenvalue weighted by Crippen LogP contribution is -2.33. The quantitative estimate of drug-likeness (QED) is 0.542. The van der Waals surface area contributed by atoms with Gasteiger partial charge in [-0.2, -0.15) is 0 Å². The van der Waals surface area contributed by atoms with Crippen molar-refractivity contribution < 1.29 is 14.4 Å². The highest BCUT2D eigenvalue weighted by Crippen LogP contribution is 2.17. The Morgan fingerprint density at radius 1 is 1.08 bits per heavy atom. The van der Waals surface area contributed by atoms with E-state index < -0.39 is 5.91 Å². The molecule has 0 radical (unpaired) electrons. The van der Waals surface area contributed by atoms with Crippen molar-refractivity contribution in [2.75, 3.05) is 19.6 Å². The van der Waals surface area contributed by atoms with E-state index in [0.29, 0.717) is 24.4 Å². The zero-order valence-electron chi connectivity index (χ0n) is 14.3. The highest BCUT2D eigenvalue weighted by atomic mass is 16.2. The number of carbonyl (C=O) groups excluding carboxylic acids is 3. The Morgan fingerprint density at radius 2 is 1.76 bits per heavy atom. The predicted molar refractivity (Wildman–Crippen MR) is 94.6 cm³/mol. The summed E-state index contributed by atoms with van der Waals surface area (Å²) in [6, 6.07) is 6.89. The van der Waals surface area contributed by atoms with E-state index in [-0.39, 0.29) is 18.4 Å². The van der Waals surface area contributed by atoms with Gasteiger partial charge < -0.3 is 21.7 Å². The van der Waals surface area contributed by atoms with Crippen LogP contribution in [-0.2, 0) is 16.1 Å². The smallest absolute Gasteiger partial charge is 0.251 e. The summed E-state index contributed by atoms with van der Waals surface area (Å²) in [5, 5.41) is 8.66. The summed E-state index contributed by atoms with van der Waals surface area (Å²) in [4.78, 5) is 34.4. The van der Waals surface area contributed by atoms with Gasteiger partial charge in [-0.15, -0.1) is 0 Å². The molecule has 3 amide bonds. The minimum Gasteiger partial charge on any atom is -0.368 e. The number of primary amides is 1. The zero-order chi connectivity index (χ0) is 18.1. The van der Waals surface area contributed by atoms with Gasteiger partial charge in [0.1, 0.15) is 0 Å². The molecule has 1 heterocycles. The molecule has 1 saturated heterocycles. The number of nitrogens with two attached hydrogens (primary N) is 1. The van der Waals surface area contributed by atoms with Crippen molar-refractivity contribution in [2.24, 2.45) is 11.7 Å². The van der Waals surface area contributed by atoms with Gasteiger partial charge in [0, 0.05) is 18.5 Å². The number of amides is 3. The third kappa shape index (κ3) is 6.93. The molecular weight excluding hydrogens is 320 g/mol. The first-order valence-corrected chi connectivity index (χ1v) is 8.67. The first-order valence-electron chi connectivity index (χ1n) is 8.67. The molecule has 25 heavy (non-hydrogen) atoms. The second-order valence-electron chi connectivity index (χ2n) is 6.35. The normalized spacial score (nSPS) is 14.7. The predicted octanol–water partition coefficient (Wildman–Crippen LogP) is 0.298. The molecule has 1 fully saturated rings. The van der Waals surface area contributed by atoms with Gasteiger partial charge >= 0.3 is 0 Å². The van der Waals surface area contributed by atoms with Crippen LogP contribution < -0.4 is 21.7 Å². The third-order valence-electron chi connectivity index (χ3n) is 4.37. The topological polar surface area (TPSA) is 113 Å². The van der Waals surface area contributed by atoms with Crippen LogP contribution in [-0.4, -0.2) is 37.4 Å². The maximum absolute atomic E-state index is 11.9. The lowest BCUT2D eigenvalue weighted by Gasteiger charge is -2.22. The molecule has 7 heteroatoms. The number of piperidine rings is 1. The molecule has 0 unspecified atom stereocenters. The second-order valence-corrected chi connectivity index (χ2v) is 6.35. The Bertz CT molecular complexity index is 595. The van der Waals surface area contributed by atoms with Crippen molar-refractivity contribution in [3.63, 3.8) is 0 Å². The molecule has 0 aromatic heterocycles. The van der Waals surface area contributed by atoms with Crippen molar-refractivity contribution in [2.45, 2.75) is 32.2 Å². The Hall–Kier alpha value is -2.41. The number of carbonyl (C=O) groups is 3. The molecule has 1 aromatic carbocycles. The molecule has 0 aliphatic carbocycles. The highest BCUT2D eigenvalue weighted by molar-refractivity contribution is 5.96. The molecule has 1 aliphatic rings. The van der Waals surface area contributed by atoms with E-state index in [1.807, 2.05) is 0 Å². The van der Waals surface area contributed by atoms with Crippen LogP contribution in [0.25, 0.3) is 0 Å².